The number of esters is 2. The normalized spacial score (nSPS) is 11.5. The van der Waals surface area contributed by atoms with Crippen LogP contribution in [-0.4, -0.2) is 24.2 Å². The Kier molecular flexibility index (Phi) is 5.89. The van der Waals surface area contributed by atoms with Crippen molar-refractivity contribution < 1.29 is 24.2 Å². The highest BCUT2D eigenvalue weighted by Gasteiger charge is 2.22. The quantitative estimate of drug-likeness (QED) is 0.480. The smallest absolute Gasteiger partial charge is 0.341 e. The summed E-state index contributed by atoms with van der Waals surface area (Å²) in [4.78, 5) is 23.9. The third-order valence-corrected chi connectivity index (χ3v) is 3.80. The first-order chi connectivity index (χ1) is 11.4. The summed E-state index contributed by atoms with van der Waals surface area (Å²) in [6.45, 7) is 3.59. The van der Waals surface area contributed by atoms with Gasteiger partial charge in [-0.3, -0.25) is 0 Å². The first-order valence-electron chi connectivity index (χ1n) is 6.96. The van der Waals surface area contributed by atoms with Crippen LogP contribution in [0.1, 0.15) is 22.0 Å². The fraction of sp³-hybridized carbons (Fsp3) is 0.111. The van der Waals surface area contributed by atoms with E-state index in [1.165, 1.54) is 19.2 Å². The topological polar surface area (TPSA) is 72.8 Å². The number of aliphatic hydroxyl groups is 1. The van der Waals surface area contributed by atoms with Crippen molar-refractivity contribution in [3.05, 3.63) is 76.3 Å². The molecule has 0 aliphatic heterocycles. The van der Waals surface area contributed by atoms with Crippen LogP contribution >= 0.6 is 15.9 Å². The minimum atomic E-state index is -1.21. The molecule has 0 heterocycles. The lowest BCUT2D eigenvalue weighted by molar-refractivity contribution is -0.131. The van der Waals surface area contributed by atoms with E-state index in [-0.39, 0.29) is 16.9 Å². The van der Waals surface area contributed by atoms with E-state index in [9.17, 15) is 14.7 Å². The van der Waals surface area contributed by atoms with Crippen LogP contribution in [-0.2, 0) is 9.53 Å². The number of halogens is 1. The Morgan fingerprint density at radius 3 is 2.38 bits per heavy atom. The van der Waals surface area contributed by atoms with Crippen molar-refractivity contribution in [2.75, 3.05) is 7.11 Å². The van der Waals surface area contributed by atoms with E-state index >= 15 is 0 Å². The summed E-state index contributed by atoms with van der Waals surface area (Å²) < 4.78 is 10.7. The number of aliphatic hydroxyl groups excluding tert-OH is 1. The summed E-state index contributed by atoms with van der Waals surface area (Å²) in [5.41, 5.74) is 0.470. The summed E-state index contributed by atoms with van der Waals surface area (Å²) in [7, 11) is 1.23. The fourth-order valence-corrected chi connectivity index (χ4v) is 2.22. The maximum Gasteiger partial charge on any atom is 0.341 e. The van der Waals surface area contributed by atoms with Gasteiger partial charge in [-0.25, -0.2) is 9.59 Å². The number of para-hydroxylation sites is 1. The van der Waals surface area contributed by atoms with Crippen molar-refractivity contribution in [2.45, 2.75) is 6.10 Å². The number of methoxy groups -OCH3 is 1. The fourth-order valence-electron chi connectivity index (χ4n) is 1.96. The highest BCUT2D eigenvalue weighted by atomic mass is 79.9. The van der Waals surface area contributed by atoms with Crippen LogP contribution in [0.4, 0.5) is 0 Å². The molecule has 6 heteroatoms. The van der Waals surface area contributed by atoms with Crippen molar-refractivity contribution in [1.29, 1.82) is 0 Å². The first-order valence-corrected chi connectivity index (χ1v) is 7.75. The number of hydrogen-bond donors (Lipinski definition) is 1. The number of carbonyl (C=O) groups excluding carboxylic acids is 2. The van der Waals surface area contributed by atoms with Gasteiger partial charge in [0.1, 0.15) is 17.4 Å². The molecule has 0 spiro atoms. The van der Waals surface area contributed by atoms with Crippen molar-refractivity contribution in [3.8, 4) is 5.75 Å². The molecule has 2 aromatic carbocycles. The van der Waals surface area contributed by atoms with Crippen LogP contribution in [0.3, 0.4) is 0 Å². The van der Waals surface area contributed by atoms with Gasteiger partial charge in [-0.05, 0) is 29.8 Å². The minimum absolute atomic E-state index is 0.0403. The van der Waals surface area contributed by atoms with Crippen molar-refractivity contribution in [3.63, 3.8) is 0 Å². The second-order valence-corrected chi connectivity index (χ2v) is 5.77. The maximum absolute atomic E-state index is 12.2. The molecule has 5 nitrogen and oxygen atoms in total. The van der Waals surface area contributed by atoms with E-state index in [0.717, 1.165) is 4.47 Å². The van der Waals surface area contributed by atoms with Gasteiger partial charge in [0.2, 0.25) is 0 Å². The van der Waals surface area contributed by atoms with Gasteiger partial charge in [-0.1, -0.05) is 46.8 Å². The lowest BCUT2D eigenvalue weighted by atomic mass is 10.0. The molecule has 0 amide bonds. The first kappa shape index (κ1) is 17.9. The number of hydrogen-bond acceptors (Lipinski definition) is 5. The van der Waals surface area contributed by atoms with Gasteiger partial charge < -0.3 is 14.6 Å². The maximum atomic E-state index is 12.2. The van der Waals surface area contributed by atoms with Gasteiger partial charge in [0, 0.05) is 4.47 Å². The van der Waals surface area contributed by atoms with Gasteiger partial charge in [0.25, 0.3) is 0 Å². The molecule has 1 N–H and O–H groups in total. The highest BCUT2D eigenvalue weighted by Crippen LogP contribution is 2.25. The molecule has 0 saturated carbocycles. The summed E-state index contributed by atoms with van der Waals surface area (Å²) in [6, 6.07) is 13.0. The molecule has 2 rings (SSSR count). The zero-order chi connectivity index (χ0) is 17.7. The van der Waals surface area contributed by atoms with Crippen LogP contribution in [0.25, 0.3) is 0 Å². The number of rotatable bonds is 5. The zero-order valence-electron chi connectivity index (χ0n) is 12.9. The van der Waals surface area contributed by atoms with E-state index < -0.39 is 18.0 Å². The average molecular weight is 391 g/mol. The Morgan fingerprint density at radius 2 is 1.75 bits per heavy atom. The van der Waals surface area contributed by atoms with Crippen molar-refractivity contribution >= 4 is 27.9 Å². The molecule has 0 aliphatic carbocycles. The predicted octanol–water partition coefficient (Wildman–Crippen LogP) is 3.43. The minimum Gasteiger partial charge on any atom is -0.465 e. The van der Waals surface area contributed by atoms with Crippen LogP contribution in [0.15, 0.2) is 65.2 Å². The van der Waals surface area contributed by atoms with Crippen molar-refractivity contribution in [2.24, 2.45) is 0 Å². The SMILES string of the molecule is C=C(C(=O)Oc1ccccc1C(=O)OC)C(O)c1ccc(Br)cc1. The van der Waals surface area contributed by atoms with Crippen molar-refractivity contribution in [1.82, 2.24) is 0 Å². The van der Waals surface area contributed by atoms with Gasteiger partial charge in [-0.15, -0.1) is 0 Å². The Hall–Kier alpha value is -2.44. The number of ether oxygens (including phenoxy) is 2. The lowest BCUT2D eigenvalue weighted by Gasteiger charge is -2.14. The molecular weight excluding hydrogens is 376 g/mol. The van der Waals surface area contributed by atoms with Crippen LogP contribution in [0, 0.1) is 0 Å². The molecular formula is C18H15BrO5. The second kappa shape index (κ2) is 7.90. The van der Waals surface area contributed by atoms with E-state index in [2.05, 4.69) is 27.2 Å². The predicted molar refractivity (Wildman–Crippen MR) is 91.7 cm³/mol. The van der Waals surface area contributed by atoms with Gasteiger partial charge >= 0.3 is 11.9 Å². The molecule has 0 fully saturated rings. The highest BCUT2D eigenvalue weighted by molar-refractivity contribution is 9.10. The molecule has 1 atom stereocenters. The third kappa shape index (κ3) is 4.10. The molecule has 0 saturated heterocycles. The Balaban J connectivity index is 2.16. The molecule has 0 aliphatic rings. The number of carbonyl (C=O) groups is 2. The molecule has 124 valence electrons. The van der Waals surface area contributed by atoms with Crippen LogP contribution in [0.2, 0.25) is 0 Å². The van der Waals surface area contributed by atoms with E-state index in [1.54, 1.807) is 36.4 Å². The van der Waals surface area contributed by atoms with E-state index in [4.69, 9.17) is 4.74 Å². The second-order valence-electron chi connectivity index (χ2n) is 4.86. The standard InChI is InChI=1S/C18H15BrO5/c1-11(16(20)12-7-9-13(19)10-8-12)17(21)24-15-6-4-3-5-14(15)18(22)23-2/h3-10,16,20H,1H2,2H3. The van der Waals surface area contributed by atoms with Gasteiger partial charge in [-0.2, -0.15) is 0 Å². The molecule has 0 bridgehead atoms. The molecule has 2 aromatic rings. The molecule has 0 aromatic heterocycles. The van der Waals surface area contributed by atoms with E-state index in [1.807, 2.05) is 0 Å². The summed E-state index contributed by atoms with van der Waals surface area (Å²) in [5.74, 6) is -1.42. The zero-order valence-corrected chi connectivity index (χ0v) is 14.4. The lowest BCUT2D eigenvalue weighted by Crippen LogP contribution is -2.18. The Morgan fingerprint density at radius 1 is 1.12 bits per heavy atom. The monoisotopic (exact) mass is 390 g/mol. The summed E-state index contributed by atoms with van der Waals surface area (Å²) in [5, 5.41) is 10.2. The molecule has 24 heavy (non-hydrogen) atoms. The van der Waals surface area contributed by atoms with Gasteiger partial charge in [0.05, 0.1) is 12.7 Å². The molecule has 0 radical (unpaired) electrons. The largest absolute Gasteiger partial charge is 0.465 e. The Bertz CT molecular complexity index is 767. The summed E-state index contributed by atoms with van der Waals surface area (Å²) >= 11 is 3.29. The Labute approximate surface area is 147 Å². The third-order valence-electron chi connectivity index (χ3n) is 3.27. The summed E-state index contributed by atoms with van der Waals surface area (Å²) in [6.07, 6.45) is -1.21. The average Bonchev–Trinajstić information content (AvgIpc) is 2.60. The van der Waals surface area contributed by atoms with Gasteiger partial charge in [0.15, 0.2) is 0 Å². The molecule has 1 unspecified atom stereocenters. The van der Waals surface area contributed by atoms with Crippen LogP contribution in [0.5, 0.6) is 5.75 Å². The van der Waals surface area contributed by atoms with E-state index in [0.29, 0.717) is 5.56 Å². The van der Waals surface area contributed by atoms with Crippen LogP contribution < -0.4 is 4.74 Å². The number of benzene rings is 2.